The number of hydrogen-bond acceptors (Lipinski definition) is 8. The van der Waals surface area contributed by atoms with Crippen LogP contribution >= 0.6 is 0 Å². The number of esters is 2. The van der Waals surface area contributed by atoms with Crippen LogP contribution in [0.3, 0.4) is 0 Å². The molecule has 0 aliphatic heterocycles. The number of unbranched alkanes of at least 4 members (excludes halogenated alkanes) is 4. The fourth-order valence-electron chi connectivity index (χ4n) is 2.98. The summed E-state index contributed by atoms with van der Waals surface area (Å²) >= 11 is 0. The average Bonchev–Trinajstić information content (AvgIpc) is 2.79. The first kappa shape index (κ1) is 30.1. The molecule has 0 radical (unpaired) electrons. The molecule has 1 rings (SSSR count). The van der Waals surface area contributed by atoms with Gasteiger partial charge < -0.3 is 18.6 Å². The molecule has 0 spiro atoms. The molecule has 0 unspecified atom stereocenters. The third-order valence-corrected chi connectivity index (χ3v) is 4.96. The summed E-state index contributed by atoms with van der Waals surface area (Å²) in [5.41, 5.74) is -1.12. The Morgan fingerprint density at radius 1 is 0.971 bits per heavy atom. The molecule has 1 heterocycles. The quantitative estimate of drug-likeness (QED) is 0.172. The highest BCUT2D eigenvalue weighted by molar-refractivity contribution is 5.93. The van der Waals surface area contributed by atoms with Crippen molar-refractivity contribution in [3.63, 3.8) is 0 Å². The number of carbonyl (C=O) groups excluding carboxylic acids is 3. The lowest BCUT2D eigenvalue weighted by atomic mass is 9.97. The fraction of sp³-hybridized carbons (Fsp3) is 0.630. The van der Waals surface area contributed by atoms with Gasteiger partial charge in [0, 0.05) is 18.9 Å². The van der Waals surface area contributed by atoms with Gasteiger partial charge in [0.25, 0.3) is 0 Å². The lowest BCUT2D eigenvalue weighted by molar-refractivity contribution is -0.155. The molecule has 0 amide bonds. The Morgan fingerprint density at radius 2 is 1.69 bits per heavy atom. The second kappa shape index (κ2) is 15.9. The average molecular weight is 493 g/mol. The second-order valence-corrected chi connectivity index (χ2v) is 9.32. The molecule has 0 aliphatic rings. The molecular weight excluding hydrogens is 452 g/mol. The first-order chi connectivity index (χ1) is 16.6. The van der Waals surface area contributed by atoms with E-state index >= 15 is 0 Å². The molecule has 8 heteroatoms. The second-order valence-electron chi connectivity index (χ2n) is 9.32. The van der Waals surface area contributed by atoms with Crippen LogP contribution in [0.25, 0.3) is 6.08 Å². The highest BCUT2D eigenvalue weighted by Crippen LogP contribution is 2.21. The van der Waals surface area contributed by atoms with Crippen LogP contribution < -0.4 is 10.2 Å². The molecule has 196 valence electrons. The van der Waals surface area contributed by atoms with Crippen molar-refractivity contribution >= 4 is 23.8 Å². The van der Waals surface area contributed by atoms with Crippen LogP contribution in [-0.2, 0) is 30.5 Å². The highest BCUT2D eigenvalue weighted by atomic mass is 16.5. The van der Waals surface area contributed by atoms with Crippen LogP contribution in [0.2, 0.25) is 0 Å². The zero-order valence-corrected chi connectivity index (χ0v) is 21.8. The number of hydrogen-bond donors (Lipinski definition) is 0. The Bertz CT molecular complexity index is 905. The predicted octanol–water partition coefficient (Wildman–Crippen LogP) is 5.39. The van der Waals surface area contributed by atoms with Crippen molar-refractivity contribution in [1.82, 2.24) is 0 Å². The first-order valence-electron chi connectivity index (χ1n) is 12.4. The van der Waals surface area contributed by atoms with Gasteiger partial charge in [0.2, 0.25) is 11.2 Å². The molecule has 0 aromatic carbocycles. The van der Waals surface area contributed by atoms with Crippen LogP contribution in [0.5, 0.6) is 5.75 Å². The van der Waals surface area contributed by atoms with Crippen molar-refractivity contribution in [2.45, 2.75) is 92.6 Å². The summed E-state index contributed by atoms with van der Waals surface area (Å²) in [6.45, 7) is 9.42. The molecule has 0 saturated heterocycles. The molecule has 1 aromatic rings. The number of rotatable bonds is 16. The first-order valence-corrected chi connectivity index (χ1v) is 12.4. The number of allylic oxidation sites excluding steroid dienone is 1. The minimum Gasteiger partial charge on any atom is -0.486 e. The summed E-state index contributed by atoms with van der Waals surface area (Å²) in [6.07, 6.45) is 8.35. The zero-order chi connectivity index (χ0) is 26.3. The monoisotopic (exact) mass is 492 g/mol. The number of ether oxygens (including phenoxy) is 3. The van der Waals surface area contributed by atoms with E-state index in [1.165, 1.54) is 18.2 Å². The Balaban J connectivity index is 2.88. The van der Waals surface area contributed by atoms with E-state index in [-0.39, 0.29) is 42.2 Å². The van der Waals surface area contributed by atoms with Gasteiger partial charge in [-0.15, -0.1) is 0 Å². The molecule has 0 saturated carbocycles. The summed E-state index contributed by atoms with van der Waals surface area (Å²) in [4.78, 5) is 48.4. The topological polar surface area (TPSA) is 109 Å². The van der Waals surface area contributed by atoms with Crippen LogP contribution in [0.15, 0.2) is 21.4 Å². The van der Waals surface area contributed by atoms with E-state index in [1.54, 1.807) is 27.7 Å². The fourth-order valence-corrected chi connectivity index (χ4v) is 2.98. The van der Waals surface area contributed by atoms with Crippen LogP contribution in [0, 0.1) is 5.41 Å². The third-order valence-electron chi connectivity index (χ3n) is 4.96. The molecule has 35 heavy (non-hydrogen) atoms. The summed E-state index contributed by atoms with van der Waals surface area (Å²) in [5.74, 6) is -0.462. The summed E-state index contributed by atoms with van der Waals surface area (Å²) in [6, 6.07) is 1.23. The van der Waals surface area contributed by atoms with Crippen molar-refractivity contribution in [1.29, 1.82) is 0 Å². The lowest BCUT2D eigenvalue weighted by Gasteiger charge is -2.16. The minimum atomic E-state index is -0.690. The maximum Gasteiger partial charge on any atom is 0.311 e. The van der Waals surface area contributed by atoms with E-state index in [0.29, 0.717) is 32.3 Å². The highest BCUT2D eigenvalue weighted by Gasteiger charge is 2.23. The molecule has 0 N–H and O–H groups in total. The van der Waals surface area contributed by atoms with Gasteiger partial charge in [-0.3, -0.25) is 19.2 Å². The summed E-state index contributed by atoms with van der Waals surface area (Å²) < 4.78 is 21.6. The van der Waals surface area contributed by atoms with E-state index in [9.17, 15) is 19.2 Å². The smallest absolute Gasteiger partial charge is 0.311 e. The van der Waals surface area contributed by atoms with Gasteiger partial charge in [-0.05, 0) is 65.5 Å². The van der Waals surface area contributed by atoms with E-state index in [4.69, 9.17) is 18.6 Å². The largest absolute Gasteiger partial charge is 0.486 e. The minimum absolute atomic E-state index is 0.00102. The maximum absolute atomic E-state index is 12.7. The molecule has 0 aliphatic carbocycles. The zero-order valence-electron chi connectivity index (χ0n) is 21.8. The number of ketones is 1. The van der Waals surface area contributed by atoms with Gasteiger partial charge in [-0.1, -0.05) is 19.8 Å². The standard InChI is InChI=1S/C27H40O8/c1-6-8-10-13-20(28)15-16-23-25(33-17-12-9-11-14-24(30)32-7-2)22(29)18-21(35-23)19-34-26(31)27(3,4)5/h15-16,18H,6-14,17,19H2,1-5H3. The van der Waals surface area contributed by atoms with Crippen molar-refractivity contribution in [2.24, 2.45) is 5.41 Å². The van der Waals surface area contributed by atoms with Gasteiger partial charge >= 0.3 is 11.9 Å². The van der Waals surface area contributed by atoms with Crippen molar-refractivity contribution in [3.8, 4) is 5.75 Å². The Hall–Kier alpha value is -2.90. The predicted molar refractivity (Wildman–Crippen MR) is 133 cm³/mol. The third kappa shape index (κ3) is 12.4. The lowest BCUT2D eigenvalue weighted by Crippen LogP contribution is -2.23. The molecular formula is C27H40O8. The van der Waals surface area contributed by atoms with Gasteiger partial charge in [-0.25, -0.2) is 0 Å². The van der Waals surface area contributed by atoms with Gasteiger partial charge in [0.1, 0.15) is 12.4 Å². The van der Waals surface area contributed by atoms with Gasteiger partial charge in [-0.2, -0.15) is 0 Å². The van der Waals surface area contributed by atoms with E-state index in [1.807, 2.05) is 0 Å². The Labute approximate surface area is 208 Å². The number of carbonyl (C=O) groups is 3. The van der Waals surface area contributed by atoms with E-state index < -0.39 is 16.8 Å². The van der Waals surface area contributed by atoms with Crippen LogP contribution in [-0.4, -0.2) is 30.9 Å². The summed E-state index contributed by atoms with van der Waals surface area (Å²) in [7, 11) is 0. The van der Waals surface area contributed by atoms with E-state index in [0.717, 1.165) is 25.7 Å². The van der Waals surface area contributed by atoms with Crippen molar-refractivity contribution < 1.29 is 33.0 Å². The van der Waals surface area contributed by atoms with Gasteiger partial charge in [0.05, 0.1) is 18.6 Å². The Morgan fingerprint density at radius 3 is 2.34 bits per heavy atom. The summed E-state index contributed by atoms with van der Waals surface area (Å²) in [5, 5.41) is 0. The maximum atomic E-state index is 12.7. The molecule has 0 atom stereocenters. The van der Waals surface area contributed by atoms with Crippen molar-refractivity contribution in [2.75, 3.05) is 13.2 Å². The molecule has 0 bridgehead atoms. The van der Waals surface area contributed by atoms with Gasteiger partial charge in [0.15, 0.2) is 11.5 Å². The van der Waals surface area contributed by atoms with Crippen LogP contribution in [0.4, 0.5) is 0 Å². The molecule has 0 fully saturated rings. The molecule has 1 aromatic heterocycles. The normalized spacial score (nSPS) is 11.5. The van der Waals surface area contributed by atoms with Crippen LogP contribution in [0.1, 0.15) is 97.5 Å². The van der Waals surface area contributed by atoms with E-state index in [2.05, 4.69) is 6.92 Å². The Kier molecular flexibility index (Phi) is 13.7. The SMILES string of the molecule is CCCCCC(=O)C=Cc1oc(COC(=O)C(C)(C)C)cc(=O)c1OCCCCCC(=O)OCC. The van der Waals surface area contributed by atoms with Crippen molar-refractivity contribution in [3.05, 3.63) is 33.9 Å². The molecule has 8 nitrogen and oxygen atoms in total.